The van der Waals surface area contributed by atoms with Crippen molar-refractivity contribution >= 4 is 5.97 Å². The zero-order valence-corrected chi connectivity index (χ0v) is 11.6. The third-order valence-electron chi connectivity index (χ3n) is 2.66. The zero-order chi connectivity index (χ0) is 14.0. The predicted molar refractivity (Wildman–Crippen MR) is 68.2 cm³/mol. The Bertz CT molecular complexity index is 227. The fourth-order valence-corrected chi connectivity index (χ4v) is 1.42. The molecule has 0 aliphatic carbocycles. The molecular formula is C13H26O5. The van der Waals surface area contributed by atoms with Gasteiger partial charge < -0.3 is 19.7 Å². The fourth-order valence-electron chi connectivity index (χ4n) is 1.42. The first kappa shape index (κ1) is 17.4. The van der Waals surface area contributed by atoms with Gasteiger partial charge in [-0.2, -0.15) is 0 Å². The third kappa shape index (κ3) is 7.63. The molecule has 0 saturated carbocycles. The Morgan fingerprint density at radius 2 is 2.00 bits per heavy atom. The number of hydrogen-bond donors (Lipinski definition) is 2. The normalized spacial score (nSPS) is 13.4. The van der Waals surface area contributed by atoms with Crippen molar-refractivity contribution < 1.29 is 24.5 Å². The van der Waals surface area contributed by atoms with Crippen molar-refractivity contribution in [3.8, 4) is 0 Å². The van der Waals surface area contributed by atoms with Crippen molar-refractivity contribution in [3.05, 3.63) is 0 Å². The van der Waals surface area contributed by atoms with Crippen LogP contribution in [0.4, 0.5) is 0 Å². The highest BCUT2D eigenvalue weighted by molar-refractivity contribution is 5.75. The lowest BCUT2D eigenvalue weighted by atomic mass is 9.87. The molecule has 1 unspecified atom stereocenters. The quantitative estimate of drug-likeness (QED) is 0.456. The molecule has 0 aromatic heterocycles. The molecule has 0 aromatic carbocycles. The number of esters is 1. The molecule has 108 valence electrons. The lowest BCUT2D eigenvalue weighted by Gasteiger charge is -2.23. The number of ether oxygens (including phenoxy) is 2. The second kappa shape index (κ2) is 9.30. The largest absolute Gasteiger partial charge is 0.462 e. The summed E-state index contributed by atoms with van der Waals surface area (Å²) >= 11 is 0. The molecule has 0 fully saturated rings. The minimum atomic E-state index is -0.845. The zero-order valence-electron chi connectivity index (χ0n) is 11.6. The lowest BCUT2D eigenvalue weighted by Crippen LogP contribution is -2.31. The van der Waals surface area contributed by atoms with Gasteiger partial charge in [0.15, 0.2) is 0 Å². The number of rotatable bonds is 10. The minimum absolute atomic E-state index is 0.0588. The van der Waals surface area contributed by atoms with Crippen LogP contribution in [0.3, 0.4) is 0 Å². The van der Waals surface area contributed by atoms with Gasteiger partial charge in [0.25, 0.3) is 0 Å². The summed E-state index contributed by atoms with van der Waals surface area (Å²) in [5.41, 5.74) is -0.512. The lowest BCUT2D eigenvalue weighted by molar-refractivity contribution is -0.158. The molecule has 0 heterocycles. The van der Waals surface area contributed by atoms with Crippen LogP contribution in [0.5, 0.6) is 0 Å². The third-order valence-corrected chi connectivity index (χ3v) is 2.66. The first-order valence-corrected chi connectivity index (χ1v) is 6.48. The highest BCUT2D eigenvalue weighted by Crippen LogP contribution is 2.24. The van der Waals surface area contributed by atoms with E-state index < -0.39 is 11.5 Å². The Morgan fingerprint density at radius 3 is 2.56 bits per heavy atom. The Labute approximate surface area is 109 Å². The van der Waals surface area contributed by atoms with Crippen LogP contribution in [0, 0.1) is 5.41 Å². The van der Waals surface area contributed by atoms with Crippen LogP contribution < -0.4 is 0 Å². The summed E-state index contributed by atoms with van der Waals surface area (Å²) in [5.74, 6) is -0.294. The van der Waals surface area contributed by atoms with Gasteiger partial charge >= 0.3 is 5.97 Å². The predicted octanol–water partition coefficient (Wildman–Crippen LogP) is 1.12. The van der Waals surface area contributed by atoms with Gasteiger partial charge in [0.2, 0.25) is 0 Å². The van der Waals surface area contributed by atoms with Gasteiger partial charge in [0.05, 0.1) is 25.2 Å². The van der Waals surface area contributed by atoms with Crippen LogP contribution in [0.15, 0.2) is 0 Å². The van der Waals surface area contributed by atoms with E-state index >= 15 is 0 Å². The molecule has 18 heavy (non-hydrogen) atoms. The van der Waals surface area contributed by atoms with Crippen LogP contribution in [-0.2, 0) is 14.3 Å². The fraction of sp³-hybridized carbons (Fsp3) is 0.923. The van der Waals surface area contributed by atoms with Crippen molar-refractivity contribution in [3.63, 3.8) is 0 Å². The molecular weight excluding hydrogens is 236 g/mol. The highest BCUT2D eigenvalue weighted by Gasteiger charge is 2.29. The summed E-state index contributed by atoms with van der Waals surface area (Å²) in [6, 6.07) is 0. The van der Waals surface area contributed by atoms with Crippen molar-refractivity contribution in [2.75, 3.05) is 26.4 Å². The summed E-state index contributed by atoms with van der Waals surface area (Å²) < 4.78 is 10.0. The number of hydrogen-bond acceptors (Lipinski definition) is 5. The summed E-state index contributed by atoms with van der Waals surface area (Å²) in [7, 11) is 0. The molecule has 0 rings (SSSR count). The van der Waals surface area contributed by atoms with Crippen molar-refractivity contribution in [2.45, 2.75) is 46.1 Å². The number of aliphatic hydroxyl groups is 2. The van der Waals surface area contributed by atoms with Crippen molar-refractivity contribution in [2.24, 2.45) is 5.41 Å². The van der Waals surface area contributed by atoms with E-state index in [9.17, 15) is 9.90 Å². The summed E-state index contributed by atoms with van der Waals surface area (Å²) in [6.07, 6.45) is 1.94. The molecule has 0 saturated heterocycles. The maximum absolute atomic E-state index is 11.8. The molecule has 0 aliphatic heterocycles. The standard InChI is InChI=1S/C13H26O5/c1-4-5-6-13(2,3)12(16)18-10-11(15)9-17-8-7-14/h11,14-15H,4-10H2,1-3H3. The number of unbranched alkanes of at least 4 members (excludes halogenated alkanes) is 1. The van der Waals surface area contributed by atoms with E-state index in [0.717, 1.165) is 19.3 Å². The van der Waals surface area contributed by atoms with E-state index in [1.807, 2.05) is 13.8 Å². The van der Waals surface area contributed by atoms with E-state index in [1.54, 1.807) is 0 Å². The molecule has 2 N–H and O–H groups in total. The first-order valence-electron chi connectivity index (χ1n) is 6.48. The first-order chi connectivity index (χ1) is 8.44. The monoisotopic (exact) mass is 262 g/mol. The van der Waals surface area contributed by atoms with E-state index in [-0.39, 0.29) is 32.4 Å². The van der Waals surface area contributed by atoms with Crippen molar-refractivity contribution in [1.82, 2.24) is 0 Å². The van der Waals surface area contributed by atoms with E-state index in [4.69, 9.17) is 14.6 Å². The molecule has 0 aromatic rings. The molecule has 0 aliphatic rings. The molecule has 5 heteroatoms. The van der Waals surface area contributed by atoms with Crippen LogP contribution in [0.2, 0.25) is 0 Å². The second-order valence-electron chi connectivity index (χ2n) is 5.04. The smallest absolute Gasteiger partial charge is 0.311 e. The minimum Gasteiger partial charge on any atom is -0.462 e. The van der Waals surface area contributed by atoms with Gasteiger partial charge in [0, 0.05) is 0 Å². The maximum atomic E-state index is 11.8. The summed E-state index contributed by atoms with van der Waals surface area (Å²) in [6.45, 7) is 5.84. The Kier molecular flexibility index (Phi) is 8.97. The summed E-state index contributed by atoms with van der Waals surface area (Å²) in [5, 5.41) is 18.0. The Morgan fingerprint density at radius 1 is 1.33 bits per heavy atom. The number of carbonyl (C=O) groups excluding carboxylic acids is 1. The van der Waals surface area contributed by atoms with E-state index in [2.05, 4.69) is 6.92 Å². The van der Waals surface area contributed by atoms with Crippen molar-refractivity contribution in [1.29, 1.82) is 0 Å². The van der Waals surface area contributed by atoms with Gasteiger partial charge in [-0.15, -0.1) is 0 Å². The summed E-state index contributed by atoms with van der Waals surface area (Å²) in [4.78, 5) is 11.8. The molecule has 0 spiro atoms. The molecule has 0 bridgehead atoms. The van der Waals surface area contributed by atoms with Gasteiger partial charge in [-0.1, -0.05) is 19.8 Å². The van der Waals surface area contributed by atoms with Crippen LogP contribution in [0.1, 0.15) is 40.0 Å². The van der Waals surface area contributed by atoms with Gasteiger partial charge in [-0.05, 0) is 20.3 Å². The van der Waals surface area contributed by atoms with Crippen LogP contribution in [0.25, 0.3) is 0 Å². The highest BCUT2D eigenvalue weighted by atomic mass is 16.5. The van der Waals surface area contributed by atoms with Gasteiger partial charge in [-0.25, -0.2) is 0 Å². The number of carbonyl (C=O) groups is 1. The van der Waals surface area contributed by atoms with E-state index in [0.29, 0.717) is 0 Å². The average molecular weight is 262 g/mol. The number of aliphatic hydroxyl groups excluding tert-OH is 2. The average Bonchev–Trinajstić information content (AvgIpc) is 2.33. The van der Waals surface area contributed by atoms with Crippen LogP contribution >= 0.6 is 0 Å². The topological polar surface area (TPSA) is 76.0 Å². The Balaban J connectivity index is 3.86. The molecule has 1 atom stereocenters. The maximum Gasteiger partial charge on any atom is 0.311 e. The van der Waals surface area contributed by atoms with Gasteiger partial charge in [0.1, 0.15) is 12.7 Å². The molecule has 0 amide bonds. The second-order valence-corrected chi connectivity index (χ2v) is 5.04. The molecule has 0 radical (unpaired) electrons. The molecule has 5 nitrogen and oxygen atoms in total. The van der Waals surface area contributed by atoms with Gasteiger partial charge in [-0.3, -0.25) is 4.79 Å². The SMILES string of the molecule is CCCCC(C)(C)C(=O)OCC(O)COCCO. The van der Waals surface area contributed by atoms with Crippen LogP contribution in [-0.4, -0.2) is 48.7 Å². The Hall–Kier alpha value is -0.650. The van der Waals surface area contributed by atoms with E-state index in [1.165, 1.54) is 0 Å².